The van der Waals surface area contributed by atoms with Crippen LogP contribution in [0.1, 0.15) is 23.5 Å². The molecule has 26 heavy (non-hydrogen) atoms. The normalized spacial score (nSPS) is 22.6. The van der Waals surface area contributed by atoms with E-state index in [4.69, 9.17) is 0 Å². The van der Waals surface area contributed by atoms with Crippen molar-refractivity contribution in [2.75, 3.05) is 33.7 Å². The van der Waals surface area contributed by atoms with Gasteiger partial charge >= 0.3 is 6.03 Å². The van der Waals surface area contributed by atoms with Crippen molar-refractivity contribution in [2.45, 2.75) is 18.9 Å². The van der Waals surface area contributed by atoms with Crippen molar-refractivity contribution in [3.05, 3.63) is 29.8 Å². The van der Waals surface area contributed by atoms with Crippen molar-refractivity contribution >= 4 is 23.0 Å². The molecule has 3 aliphatic heterocycles. The third kappa shape index (κ3) is 2.89. The first-order chi connectivity index (χ1) is 12.4. The summed E-state index contributed by atoms with van der Waals surface area (Å²) in [6.45, 7) is 1.82. The Kier molecular flexibility index (Phi) is 4.05. The molecule has 1 aromatic carbocycles. The maximum Gasteiger partial charge on any atom is 0.319 e. The Balaban J connectivity index is 1.59. The molecule has 0 radical (unpaired) electrons. The molecule has 1 N–H and O–H groups in total. The van der Waals surface area contributed by atoms with Crippen LogP contribution in [0.3, 0.4) is 0 Å². The lowest BCUT2D eigenvalue weighted by Crippen LogP contribution is -2.48. The first-order valence-electron chi connectivity index (χ1n) is 8.85. The molecule has 3 aliphatic rings. The van der Waals surface area contributed by atoms with E-state index >= 15 is 0 Å². The lowest BCUT2D eigenvalue weighted by molar-refractivity contribution is 0.0574. The van der Waals surface area contributed by atoms with Crippen LogP contribution in [0, 0.1) is 11.7 Å². The number of aromatic nitrogens is 2. The fraction of sp³-hybridized carbons (Fsp3) is 0.500. The summed E-state index contributed by atoms with van der Waals surface area (Å²) >= 11 is 0. The quantitative estimate of drug-likeness (QED) is 0.845. The van der Waals surface area contributed by atoms with Crippen molar-refractivity contribution in [1.29, 1.82) is 0 Å². The molecule has 2 aromatic rings. The van der Waals surface area contributed by atoms with Gasteiger partial charge in [0.05, 0.1) is 11.0 Å². The summed E-state index contributed by atoms with van der Waals surface area (Å²) in [4.78, 5) is 37.9. The minimum absolute atomic E-state index is 0.0181. The highest BCUT2D eigenvalue weighted by atomic mass is 19.1. The zero-order valence-corrected chi connectivity index (χ0v) is 14.9. The summed E-state index contributed by atoms with van der Waals surface area (Å²) < 4.78 is 13.4. The Labute approximate surface area is 150 Å². The second kappa shape index (κ2) is 6.26. The maximum absolute atomic E-state index is 13.4. The van der Waals surface area contributed by atoms with Crippen LogP contribution in [0.4, 0.5) is 9.18 Å². The summed E-state index contributed by atoms with van der Waals surface area (Å²) in [5.74, 6) is -0.0608. The van der Waals surface area contributed by atoms with E-state index in [0.29, 0.717) is 30.7 Å². The van der Waals surface area contributed by atoms with E-state index in [1.807, 2.05) is 9.80 Å². The molecule has 8 heteroatoms. The Morgan fingerprint density at radius 3 is 2.81 bits per heavy atom. The van der Waals surface area contributed by atoms with E-state index in [-0.39, 0.29) is 35.5 Å². The van der Waals surface area contributed by atoms with Crippen molar-refractivity contribution in [3.8, 4) is 0 Å². The van der Waals surface area contributed by atoms with Gasteiger partial charge in [-0.25, -0.2) is 14.2 Å². The minimum atomic E-state index is -0.369. The van der Waals surface area contributed by atoms with Crippen LogP contribution >= 0.6 is 0 Å². The predicted molar refractivity (Wildman–Crippen MR) is 94.3 cm³/mol. The Hall–Kier alpha value is -2.64. The van der Waals surface area contributed by atoms with E-state index in [9.17, 15) is 14.0 Å². The molecule has 5 rings (SSSR count). The van der Waals surface area contributed by atoms with Gasteiger partial charge in [0.2, 0.25) is 0 Å². The van der Waals surface area contributed by atoms with Gasteiger partial charge in [0.15, 0.2) is 5.82 Å². The van der Waals surface area contributed by atoms with Crippen LogP contribution in [-0.4, -0.2) is 76.4 Å². The highest BCUT2D eigenvalue weighted by molar-refractivity contribution is 5.94. The second-order valence-electron chi connectivity index (χ2n) is 7.38. The van der Waals surface area contributed by atoms with Gasteiger partial charge in [-0.3, -0.25) is 4.79 Å². The number of nitrogens with one attached hydrogen (secondary N) is 1. The Morgan fingerprint density at radius 1 is 1.23 bits per heavy atom. The molecule has 3 fully saturated rings. The third-order valence-corrected chi connectivity index (χ3v) is 5.27. The summed E-state index contributed by atoms with van der Waals surface area (Å²) in [6, 6.07) is 4.19. The molecule has 7 nitrogen and oxygen atoms in total. The van der Waals surface area contributed by atoms with Gasteiger partial charge in [-0.15, -0.1) is 0 Å². The lowest BCUT2D eigenvalue weighted by Gasteiger charge is -2.35. The number of benzene rings is 1. The average molecular weight is 359 g/mol. The summed E-state index contributed by atoms with van der Waals surface area (Å²) in [6.07, 6.45) is 1.89. The fourth-order valence-corrected chi connectivity index (χ4v) is 3.99. The van der Waals surface area contributed by atoms with Gasteiger partial charge in [-0.05, 0) is 37.0 Å². The molecule has 0 spiro atoms. The first kappa shape index (κ1) is 16.8. The molecule has 3 saturated heterocycles. The molecule has 2 bridgehead atoms. The molecule has 4 heterocycles. The van der Waals surface area contributed by atoms with E-state index in [2.05, 4.69) is 9.97 Å². The average Bonchev–Trinajstić information content (AvgIpc) is 2.81. The zero-order valence-electron chi connectivity index (χ0n) is 14.9. The highest BCUT2D eigenvalue weighted by Crippen LogP contribution is 2.29. The predicted octanol–water partition coefficient (Wildman–Crippen LogP) is 1.92. The Morgan fingerprint density at radius 2 is 2.04 bits per heavy atom. The van der Waals surface area contributed by atoms with E-state index < -0.39 is 0 Å². The van der Waals surface area contributed by atoms with Gasteiger partial charge in [0.1, 0.15) is 5.82 Å². The van der Waals surface area contributed by atoms with Crippen molar-refractivity contribution in [1.82, 2.24) is 24.7 Å². The van der Waals surface area contributed by atoms with Gasteiger partial charge in [0.25, 0.3) is 5.91 Å². The number of hydrogen-bond donors (Lipinski definition) is 1. The number of fused-ring (bicyclic) bond motifs is 5. The van der Waals surface area contributed by atoms with Crippen molar-refractivity contribution in [3.63, 3.8) is 0 Å². The minimum Gasteiger partial charge on any atom is -0.334 e. The van der Waals surface area contributed by atoms with E-state index in [1.54, 1.807) is 25.1 Å². The summed E-state index contributed by atoms with van der Waals surface area (Å²) in [7, 11) is 3.48. The monoisotopic (exact) mass is 359 g/mol. The van der Waals surface area contributed by atoms with Crippen LogP contribution in [0.15, 0.2) is 18.2 Å². The molecule has 0 saturated carbocycles. The number of H-pyrrole nitrogens is 1. The van der Waals surface area contributed by atoms with Gasteiger partial charge in [0, 0.05) is 39.8 Å². The highest BCUT2D eigenvalue weighted by Gasteiger charge is 2.39. The molecule has 0 unspecified atom stereocenters. The third-order valence-electron chi connectivity index (χ3n) is 5.27. The number of piperidine rings is 1. The molecule has 3 amide bonds. The van der Waals surface area contributed by atoms with Crippen LogP contribution < -0.4 is 0 Å². The van der Waals surface area contributed by atoms with Gasteiger partial charge in [-0.1, -0.05) is 0 Å². The number of rotatable bonds is 1. The number of nitrogens with zero attached hydrogens (tertiary/aromatic N) is 4. The number of halogens is 1. The van der Waals surface area contributed by atoms with E-state index in [0.717, 1.165) is 12.8 Å². The number of hydrogen-bond acceptors (Lipinski definition) is 3. The van der Waals surface area contributed by atoms with Crippen molar-refractivity contribution in [2.24, 2.45) is 5.92 Å². The molecule has 2 atom stereocenters. The number of aromatic amines is 1. The number of urea groups is 1. The molecule has 0 aliphatic carbocycles. The number of carbonyl (C=O) groups excluding carboxylic acids is 2. The first-order valence-corrected chi connectivity index (χ1v) is 8.85. The molecule has 1 aromatic heterocycles. The fourth-order valence-electron chi connectivity index (χ4n) is 3.99. The van der Waals surface area contributed by atoms with Crippen molar-refractivity contribution < 1.29 is 14.0 Å². The summed E-state index contributed by atoms with van der Waals surface area (Å²) in [5, 5.41) is 0. The smallest absolute Gasteiger partial charge is 0.319 e. The SMILES string of the molecule is CN(C)C(=O)N1C[C@@H]2CC[C@H](C1)N(C(=O)c1nc3ccc(F)cc3[nH]1)C2. The molecular weight excluding hydrogens is 337 g/mol. The largest absolute Gasteiger partial charge is 0.334 e. The van der Waals surface area contributed by atoms with Crippen LogP contribution in [0.2, 0.25) is 0 Å². The van der Waals surface area contributed by atoms with Crippen LogP contribution in [-0.2, 0) is 0 Å². The van der Waals surface area contributed by atoms with Gasteiger partial charge in [-0.2, -0.15) is 0 Å². The van der Waals surface area contributed by atoms with E-state index in [1.165, 1.54) is 12.1 Å². The van der Waals surface area contributed by atoms with Crippen LogP contribution in [0.5, 0.6) is 0 Å². The zero-order chi connectivity index (χ0) is 18.4. The maximum atomic E-state index is 13.4. The van der Waals surface area contributed by atoms with Crippen LogP contribution in [0.25, 0.3) is 11.0 Å². The standard InChI is InChI=1S/C18H22FN5O2/c1-22(2)18(26)23-8-11-3-5-13(10-23)24(9-11)17(25)16-20-14-6-4-12(19)7-15(14)21-16/h4,6-7,11,13H,3,5,8-10H2,1-2H3,(H,20,21)/t11-,13+/m0/s1. The topological polar surface area (TPSA) is 72.5 Å². The molecule has 138 valence electrons. The summed E-state index contributed by atoms with van der Waals surface area (Å²) in [5.41, 5.74) is 1.08. The lowest BCUT2D eigenvalue weighted by atomic mass is 9.95. The number of carbonyl (C=O) groups is 2. The number of amides is 3. The van der Waals surface area contributed by atoms with Gasteiger partial charge < -0.3 is 19.7 Å². The second-order valence-corrected chi connectivity index (χ2v) is 7.38. The molecular formula is C18H22FN5O2. The Bertz CT molecular complexity index is 864. The number of imidazole rings is 1.